The quantitative estimate of drug-likeness (QED) is 0.516. The zero-order valence-corrected chi connectivity index (χ0v) is 16.9. The Bertz CT molecular complexity index is 42.5. The van der Waals surface area contributed by atoms with Gasteiger partial charge in [0.1, 0.15) is 0 Å². The molecule has 0 aromatic rings. The van der Waals surface area contributed by atoms with Crippen molar-refractivity contribution in [1.82, 2.24) is 21.3 Å². The molecule has 0 aliphatic rings. The largest absolute Gasteiger partial charge is 0.320 e. The summed E-state index contributed by atoms with van der Waals surface area (Å²) >= 11 is 0. The van der Waals surface area contributed by atoms with E-state index in [-0.39, 0.29) is 25.8 Å². The van der Waals surface area contributed by atoms with E-state index in [1.807, 2.05) is 28.2 Å². The van der Waals surface area contributed by atoms with Crippen LogP contribution in [0.1, 0.15) is 27.7 Å². The molecular formula is C12H36HfN4. The first kappa shape index (κ1) is 30.6. The zero-order valence-electron chi connectivity index (χ0n) is 13.3. The van der Waals surface area contributed by atoms with Crippen LogP contribution in [0.4, 0.5) is 0 Å². The summed E-state index contributed by atoms with van der Waals surface area (Å²) < 4.78 is 0. The minimum atomic E-state index is 0. The second-order valence-corrected chi connectivity index (χ2v) is 2.83. The molecule has 5 heteroatoms. The molecule has 108 valence electrons. The summed E-state index contributed by atoms with van der Waals surface area (Å²) in [5, 5.41) is 11.7. The van der Waals surface area contributed by atoms with E-state index < -0.39 is 0 Å². The van der Waals surface area contributed by atoms with E-state index in [4.69, 9.17) is 0 Å². The van der Waals surface area contributed by atoms with E-state index in [1.165, 1.54) is 0 Å². The molecule has 17 heavy (non-hydrogen) atoms. The van der Waals surface area contributed by atoms with Gasteiger partial charge in [-0.2, -0.15) is 0 Å². The van der Waals surface area contributed by atoms with Gasteiger partial charge in [-0.05, 0) is 54.4 Å². The second-order valence-electron chi connectivity index (χ2n) is 2.83. The van der Waals surface area contributed by atoms with Crippen LogP contribution in [-0.4, -0.2) is 54.4 Å². The van der Waals surface area contributed by atoms with Crippen molar-refractivity contribution in [3.05, 3.63) is 0 Å². The van der Waals surface area contributed by atoms with Crippen molar-refractivity contribution >= 4 is 0 Å². The van der Waals surface area contributed by atoms with Gasteiger partial charge in [-0.3, -0.25) is 0 Å². The Kier molecular flexibility index (Phi) is 97.9. The Balaban J connectivity index is -0.0000000369. The smallest absolute Gasteiger partial charge is 0 e. The maximum Gasteiger partial charge on any atom is 0 e. The molecule has 0 aliphatic carbocycles. The van der Waals surface area contributed by atoms with Crippen LogP contribution in [0, 0.1) is 0 Å². The van der Waals surface area contributed by atoms with Crippen molar-refractivity contribution in [2.24, 2.45) is 0 Å². The molecular weight excluding hydrogens is 379 g/mol. The van der Waals surface area contributed by atoms with Crippen molar-refractivity contribution in [2.75, 3.05) is 54.4 Å². The number of hydrogen-bond donors (Lipinski definition) is 4. The van der Waals surface area contributed by atoms with Crippen molar-refractivity contribution in [1.29, 1.82) is 0 Å². The van der Waals surface area contributed by atoms with Crippen molar-refractivity contribution in [2.45, 2.75) is 27.7 Å². The Hall–Kier alpha value is 0.710. The SMILES string of the molecule is CCNC.CCNC.CCNC.CCNC.[Hf]. The molecule has 0 aliphatic heterocycles. The summed E-state index contributed by atoms with van der Waals surface area (Å²) in [5.74, 6) is 0. The molecule has 0 saturated heterocycles. The maximum atomic E-state index is 2.93. The van der Waals surface area contributed by atoms with E-state index in [0.717, 1.165) is 26.2 Å². The fourth-order valence-electron chi connectivity index (χ4n) is 0. The van der Waals surface area contributed by atoms with Gasteiger partial charge in [0.15, 0.2) is 0 Å². The molecule has 0 spiro atoms. The third kappa shape index (κ3) is 163. The van der Waals surface area contributed by atoms with Crippen LogP contribution < -0.4 is 21.3 Å². The number of rotatable bonds is 4. The molecule has 0 unspecified atom stereocenters. The van der Waals surface area contributed by atoms with Crippen molar-refractivity contribution in [3.8, 4) is 0 Å². The van der Waals surface area contributed by atoms with Gasteiger partial charge in [-0.25, -0.2) is 0 Å². The minimum absolute atomic E-state index is 0. The first-order chi connectivity index (χ1) is 7.66. The Labute approximate surface area is 129 Å². The summed E-state index contributed by atoms with van der Waals surface area (Å²) in [6.07, 6.45) is 0. The Morgan fingerprint density at radius 3 is 0.529 bits per heavy atom. The van der Waals surface area contributed by atoms with E-state index in [2.05, 4.69) is 49.0 Å². The van der Waals surface area contributed by atoms with Crippen molar-refractivity contribution < 1.29 is 25.8 Å². The average Bonchev–Trinajstić information content (AvgIpc) is 2.39. The fraction of sp³-hybridized carbons (Fsp3) is 1.00. The molecule has 0 rings (SSSR count). The molecule has 0 aromatic heterocycles. The Morgan fingerprint density at radius 2 is 0.529 bits per heavy atom. The summed E-state index contributed by atoms with van der Waals surface area (Å²) in [7, 11) is 7.72. The van der Waals surface area contributed by atoms with Crippen LogP contribution in [0.2, 0.25) is 0 Å². The number of nitrogens with one attached hydrogen (secondary N) is 4. The predicted octanol–water partition coefficient (Wildman–Crippen LogP) is 0.900. The van der Waals surface area contributed by atoms with Crippen LogP contribution >= 0.6 is 0 Å². The third-order valence-corrected chi connectivity index (χ3v) is 1.41. The molecule has 0 bridgehead atoms. The van der Waals surface area contributed by atoms with Gasteiger partial charge in [-0.15, -0.1) is 0 Å². The molecule has 0 amide bonds. The average molecular weight is 415 g/mol. The van der Waals surface area contributed by atoms with Gasteiger partial charge >= 0.3 is 0 Å². The summed E-state index contributed by atoms with van der Waals surface area (Å²) in [5.41, 5.74) is 0. The summed E-state index contributed by atoms with van der Waals surface area (Å²) in [6.45, 7) is 12.6. The second kappa shape index (κ2) is 54.4. The van der Waals surface area contributed by atoms with Crippen LogP contribution in [0.3, 0.4) is 0 Å². The van der Waals surface area contributed by atoms with Gasteiger partial charge in [0.25, 0.3) is 0 Å². The van der Waals surface area contributed by atoms with Gasteiger partial charge in [0.2, 0.25) is 0 Å². The maximum absolute atomic E-state index is 2.93. The van der Waals surface area contributed by atoms with Crippen LogP contribution in [0.25, 0.3) is 0 Å². The van der Waals surface area contributed by atoms with Crippen LogP contribution in [0.5, 0.6) is 0 Å². The first-order valence-electron chi connectivity index (χ1n) is 6.24. The molecule has 0 saturated carbocycles. The number of hydrogen-bond acceptors (Lipinski definition) is 4. The monoisotopic (exact) mass is 416 g/mol. The standard InChI is InChI=1S/4C3H9N.Hf/c4*1-3-4-2;/h4*4H,3H2,1-2H3;. The van der Waals surface area contributed by atoms with Gasteiger partial charge in [0.05, 0.1) is 0 Å². The van der Waals surface area contributed by atoms with E-state index in [9.17, 15) is 0 Å². The van der Waals surface area contributed by atoms with Crippen molar-refractivity contribution in [3.63, 3.8) is 0 Å². The van der Waals surface area contributed by atoms with Crippen LogP contribution in [0.15, 0.2) is 0 Å². The normalized spacial score (nSPS) is 7.06. The summed E-state index contributed by atoms with van der Waals surface area (Å²) in [4.78, 5) is 0. The topological polar surface area (TPSA) is 48.1 Å². The van der Waals surface area contributed by atoms with Gasteiger partial charge in [0, 0.05) is 25.8 Å². The van der Waals surface area contributed by atoms with E-state index in [0.29, 0.717) is 0 Å². The van der Waals surface area contributed by atoms with E-state index >= 15 is 0 Å². The molecule has 0 fully saturated rings. The zero-order chi connectivity index (χ0) is 13.7. The van der Waals surface area contributed by atoms with Gasteiger partial charge in [-0.1, -0.05) is 27.7 Å². The van der Waals surface area contributed by atoms with Crippen LogP contribution in [-0.2, 0) is 25.8 Å². The molecule has 0 radical (unpaired) electrons. The van der Waals surface area contributed by atoms with E-state index in [1.54, 1.807) is 0 Å². The Morgan fingerprint density at radius 1 is 0.471 bits per heavy atom. The van der Waals surface area contributed by atoms with Gasteiger partial charge < -0.3 is 21.3 Å². The molecule has 0 heterocycles. The molecule has 4 N–H and O–H groups in total. The summed E-state index contributed by atoms with van der Waals surface area (Å²) in [6, 6.07) is 0. The molecule has 0 atom stereocenters. The molecule has 0 aromatic carbocycles. The first-order valence-corrected chi connectivity index (χ1v) is 6.24. The minimum Gasteiger partial charge on any atom is -0.320 e. The third-order valence-electron chi connectivity index (χ3n) is 1.41. The molecule has 4 nitrogen and oxygen atoms in total. The fourth-order valence-corrected chi connectivity index (χ4v) is 0. The predicted molar refractivity (Wildman–Crippen MR) is 78.4 cm³/mol.